The third kappa shape index (κ3) is 11.8. The summed E-state index contributed by atoms with van der Waals surface area (Å²) in [5, 5.41) is 11.6. The lowest BCUT2D eigenvalue weighted by molar-refractivity contribution is -0.138. The van der Waals surface area contributed by atoms with Crippen molar-refractivity contribution in [2.45, 2.75) is 89.4 Å². The molecule has 2 aliphatic heterocycles. The van der Waals surface area contributed by atoms with Crippen LogP contribution in [0.4, 0.5) is 21.0 Å². The molecule has 6 aromatic rings. The van der Waals surface area contributed by atoms with E-state index >= 15 is 0 Å². The van der Waals surface area contributed by atoms with Crippen molar-refractivity contribution in [3.8, 4) is 22.3 Å². The number of ether oxygens (including phenoxy) is 2. The first kappa shape index (κ1) is 50.7. The van der Waals surface area contributed by atoms with Crippen LogP contribution >= 0.6 is 0 Å². The second-order valence-electron chi connectivity index (χ2n) is 18.9. The molecule has 4 aliphatic carbocycles. The molecule has 2 heterocycles. The molecular formula is C60H62N6O8. The molecular weight excluding hydrogens is 933 g/mol. The lowest BCUT2D eigenvalue weighted by atomic mass is 9.87. The Balaban J connectivity index is 0.881. The molecule has 6 aromatic carbocycles. The van der Waals surface area contributed by atoms with Gasteiger partial charge in [-0.15, -0.1) is 0 Å². The summed E-state index contributed by atoms with van der Waals surface area (Å²) in [4.78, 5) is 84.5. The van der Waals surface area contributed by atoms with Crippen LogP contribution in [-0.4, -0.2) is 84.0 Å². The Morgan fingerprint density at radius 2 is 0.919 bits per heavy atom. The highest BCUT2D eigenvalue weighted by Gasteiger charge is 2.40. The van der Waals surface area contributed by atoms with Gasteiger partial charge in [-0.2, -0.15) is 0 Å². The Morgan fingerprint density at radius 1 is 0.500 bits per heavy atom. The quantitative estimate of drug-likeness (QED) is 0.0834. The van der Waals surface area contributed by atoms with Crippen molar-refractivity contribution < 1.29 is 38.2 Å². The lowest BCUT2D eigenvalue weighted by Crippen LogP contribution is -2.48. The summed E-state index contributed by atoms with van der Waals surface area (Å²) in [5.41, 5.74) is 11.3. The number of aryl methyl sites for hydroxylation is 4. The minimum absolute atomic E-state index is 0.157. The highest BCUT2D eigenvalue weighted by Crippen LogP contribution is 2.34. The van der Waals surface area contributed by atoms with Crippen LogP contribution in [0.1, 0.15) is 85.0 Å². The summed E-state index contributed by atoms with van der Waals surface area (Å²) >= 11 is 0. The number of likely N-dealkylation sites (tertiary alicyclic amines) is 2. The van der Waals surface area contributed by atoms with E-state index in [1.54, 1.807) is 72.2 Å². The van der Waals surface area contributed by atoms with E-state index in [4.69, 9.17) is 9.47 Å². The maximum atomic E-state index is 14.1. The molecule has 12 rings (SSSR count). The van der Waals surface area contributed by atoms with E-state index in [2.05, 4.69) is 69.8 Å². The Morgan fingerprint density at radius 3 is 1.32 bits per heavy atom. The number of rotatable bonds is 14. The fraction of sp³-hybridized carbons (Fsp3) is 0.300. The topological polar surface area (TPSA) is 175 Å². The molecule has 74 heavy (non-hydrogen) atoms. The molecule has 4 N–H and O–H groups in total. The van der Waals surface area contributed by atoms with Crippen LogP contribution in [0.25, 0.3) is 22.3 Å². The number of alkyl carbamates (subject to hydrolysis) is 2. The largest absolute Gasteiger partial charge is 0.450 e. The molecule has 0 radical (unpaired) electrons. The summed E-state index contributed by atoms with van der Waals surface area (Å²) in [6.45, 7) is 4.48. The van der Waals surface area contributed by atoms with Gasteiger partial charge in [0.25, 0.3) is 11.8 Å². The van der Waals surface area contributed by atoms with E-state index in [1.165, 1.54) is 22.3 Å². The average molecular weight is 995 g/mol. The Kier molecular flexibility index (Phi) is 16.1. The van der Waals surface area contributed by atoms with E-state index in [-0.39, 0.29) is 36.8 Å². The van der Waals surface area contributed by atoms with E-state index < -0.39 is 36.4 Å². The van der Waals surface area contributed by atoms with Crippen molar-refractivity contribution in [2.24, 2.45) is 0 Å². The zero-order valence-corrected chi connectivity index (χ0v) is 41.8. The maximum absolute atomic E-state index is 14.1. The van der Waals surface area contributed by atoms with Crippen molar-refractivity contribution in [2.75, 3.05) is 36.9 Å². The van der Waals surface area contributed by atoms with Crippen molar-refractivity contribution in [3.05, 3.63) is 179 Å². The highest BCUT2D eigenvalue weighted by atomic mass is 16.6. The molecule has 0 unspecified atom stereocenters. The van der Waals surface area contributed by atoms with Crippen LogP contribution in [0.5, 0.6) is 0 Å². The molecule has 14 nitrogen and oxygen atoms in total. The molecule has 4 bridgehead atoms. The number of carbonyl (C=O) groups excluding carboxylic acids is 6. The zero-order valence-electron chi connectivity index (χ0n) is 41.8. The molecule has 0 spiro atoms. The number of hydrogen-bond donors (Lipinski definition) is 4. The zero-order chi connectivity index (χ0) is 51.6. The predicted octanol–water partition coefficient (Wildman–Crippen LogP) is 9.74. The maximum Gasteiger partial charge on any atom is 0.408 e. The van der Waals surface area contributed by atoms with Gasteiger partial charge in [0.2, 0.25) is 11.8 Å². The smallest absolute Gasteiger partial charge is 0.408 e. The van der Waals surface area contributed by atoms with Gasteiger partial charge in [0.15, 0.2) is 0 Å². The van der Waals surface area contributed by atoms with Gasteiger partial charge in [-0.3, -0.25) is 19.2 Å². The van der Waals surface area contributed by atoms with Gasteiger partial charge in [0.05, 0.1) is 13.2 Å². The van der Waals surface area contributed by atoms with Crippen LogP contribution in [0.15, 0.2) is 146 Å². The number of carbonyl (C=O) groups is 6. The number of nitrogens with one attached hydrogen (secondary N) is 4. The van der Waals surface area contributed by atoms with Gasteiger partial charge in [-0.25, -0.2) is 9.59 Å². The summed E-state index contributed by atoms with van der Waals surface area (Å²) in [5.74, 6) is -1.31. The number of nitrogens with zero attached hydrogens (tertiary/aromatic N) is 2. The summed E-state index contributed by atoms with van der Waals surface area (Å²) in [6.07, 6.45) is 3.95. The Bertz CT molecular complexity index is 2820. The van der Waals surface area contributed by atoms with Crippen molar-refractivity contribution >= 4 is 47.2 Å². The van der Waals surface area contributed by atoms with Crippen LogP contribution in [0, 0.1) is 0 Å². The van der Waals surface area contributed by atoms with Crippen LogP contribution in [0.3, 0.4) is 0 Å². The van der Waals surface area contributed by atoms with Gasteiger partial charge in [0.1, 0.15) is 24.2 Å². The van der Waals surface area contributed by atoms with Gasteiger partial charge < -0.3 is 40.5 Å². The fourth-order valence-corrected chi connectivity index (χ4v) is 10.5. The molecule has 0 aromatic heterocycles. The van der Waals surface area contributed by atoms with Crippen LogP contribution in [0.2, 0.25) is 0 Å². The first-order chi connectivity index (χ1) is 36.1. The van der Waals surface area contributed by atoms with Crippen LogP contribution in [-0.2, 0) is 54.3 Å². The monoisotopic (exact) mass is 994 g/mol. The summed E-state index contributed by atoms with van der Waals surface area (Å²) in [7, 11) is 0. The lowest BCUT2D eigenvalue weighted by Gasteiger charge is -2.29. The highest BCUT2D eigenvalue weighted by molar-refractivity contribution is 6.00. The van der Waals surface area contributed by atoms with Crippen molar-refractivity contribution in [3.63, 3.8) is 0 Å². The van der Waals surface area contributed by atoms with Crippen LogP contribution < -0.4 is 21.3 Å². The van der Waals surface area contributed by atoms with E-state index in [1.807, 2.05) is 48.5 Å². The third-order valence-electron chi connectivity index (χ3n) is 14.1. The fourth-order valence-electron chi connectivity index (χ4n) is 10.5. The second-order valence-corrected chi connectivity index (χ2v) is 18.9. The average Bonchev–Trinajstić information content (AvgIpc) is 4.13. The first-order valence-electron chi connectivity index (χ1n) is 25.7. The minimum Gasteiger partial charge on any atom is -0.450 e. The number of hydrogen-bond acceptors (Lipinski definition) is 8. The molecule has 2 fully saturated rings. The van der Waals surface area contributed by atoms with Gasteiger partial charge >= 0.3 is 12.2 Å². The Labute approximate surface area is 431 Å². The predicted molar refractivity (Wildman–Crippen MR) is 284 cm³/mol. The third-order valence-corrected chi connectivity index (χ3v) is 14.1. The summed E-state index contributed by atoms with van der Waals surface area (Å²) < 4.78 is 10.2. The molecule has 4 atom stereocenters. The number of amides is 6. The van der Waals surface area contributed by atoms with Gasteiger partial charge in [-0.05, 0) is 145 Å². The molecule has 380 valence electrons. The standard InChI is InChI=1S/C60H62N6O8/c1-3-73-59(71)63-53(43-15-7-5-8-16-43)57(69)65-33-13-23-51(65)55(67)61-47-21-11-19-45(37-47)49-35-39-25-29-41(49)31-27-40-26-30-42(32-28-39)50(36-40)46-20-12-22-48(38-46)62-56(68)52-24-14-34-66(52)58(70)54(64-60(72)74-4-2)44-17-9-6-10-18-44/h5-12,15-22,25-26,29-30,35-38,51-54H,3-4,13-14,23-24,27-28,31-34H2,1-2H3,(H,61,67)(H,62,68)(H,63,71)(H,64,72)/t51-,52-,53-,54-/m0/s1. The SMILES string of the molecule is CCOC(=O)N[C@H](C(=O)N1CCC[C@H]1C(=O)Nc1cccc(-c2cc3ccc2CCc2ccc(c(-c4cccc(NC(=O)[C@@H]5CCCN5C(=O)[C@@H](NC(=O)OCC)c5ccccc5)c4)c2)CC3)c1)c1ccccc1. The molecule has 2 saturated heterocycles. The van der Waals surface area contributed by atoms with Gasteiger partial charge in [0, 0.05) is 24.5 Å². The molecule has 14 heteroatoms. The first-order valence-corrected chi connectivity index (χ1v) is 25.7. The summed E-state index contributed by atoms with van der Waals surface area (Å²) in [6, 6.07) is 43.6. The van der Waals surface area contributed by atoms with E-state index in [0.29, 0.717) is 61.3 Å². The Hall–Kier alpha value is -8.26. The minimum atomic E-state index is -1.01. The van der Waals surface area contributed by atoms with Gasteiger partial charge in [-0.1, -0.05) is 121 Å². The number of benzene rings is 6. The molecule has 6 aliphatic rings. The molecule has 0 saturated carbocycles. The van der Waals surface area contributed by atoms with E-state index in [9.17, 15) is 28.8 Å². The van der Waals surface area contributed by atoms with Crippen molar-refractivity contribution in [1.29, 1.82) is 0 Å². The second kappa shape index (κ2) is 23.5. The normalized spacial score (nSPS) is 16.8. The van der Waals surface area contributed by atoms with E-state index in [0.717, 1.165) is 47.9 Å². The number of anilines is 2. The van der Waals surface area contributed by atoms with Crippen molar-refractivity contribution in [1.82, 2.24) is 20.4 Å². The molecule has 6 amide bonds.